The molecule has 0 heterocycles. The average molecular weight is 284 g/mol. The number of benzene rings is 2. The summed E-state index contributed by atoms with van der Waals surface area (Å²) in [6, 6.07) is 12.0. The van der Waals surface area contributed by atoms with Crippen molar-refractivity contribution in [2.75, 3.05) is 0 Å². The Balaban J connectivity index is 2.16. The fourth-order valence-corrected chi connectivity index (χ4v) is 1.85. The van der Waals surface area contributed by atoms with Crippen molar-refractivity contribution in [1.29, 1.82) is 0 Å². The summed E-state index contributed by atoms with van der Waals surface area (Å²) in [4.78, 5) is 15.1. The van der Waals surface area contributed by atoms with E-state index >= 15 is 0 Å². The topological polar surface area (TPSA) is 93.0 Å². The van der Waals surface area contributed by atoms with Crippen molar-refractivity contribution in [3.05, 3.63) is 59.7 Å². The maximum absolute atomic E-state index is 11.1. The first-order chi connectivity index (χ1) is 10.1. The van der Waals surface area contributed by atoms with Crippen LogP contribution in [-0.2, 0) is 11.2 Å². The molecule has 1 atom stereocenters. The minimum Gasteiger partial charge on any atom is -0.548 e. The molecule has 0 aliphatic heterocycles. The van der Waals surface area contributed by atoms with E-state index in [1.54, 1.807) is 0 Å². The van der Waals surface area contributed by atoms with E-state index in [0.717, 1.165) is 11.6 Å². The molecule has 0 saturated heterocycles. The molecule has 2 aromatic rings. The number of rotatable bonds is 5. The highest BCUT2D eigenvalue weighted by atomic mass is 16.4. The van der Waals surface area contributed by atoms with Gasteiger partial charge >= 0.3 is 0 Å². The molecule has 0 aliphatic carbocycles. The van der Waals surface area contributed by atoms with Crippen LogP contribution in [0, 0.1) is 0 Å². The van der Waals surface area contributed by atoms with E-state index < -0.39 is 12.0 Å². The van der Waals surface area contributed by atoms with Crippen molar-refractivity contribution in [2.45, 2.75) is 12.5 Å². The van der Waals surface area contributed by atoms with Gasteiger partial charge in [-0.25, -0.2) is 0 Å². The lowest BCUT2D eigenvalue weighted by Crippen LogP contribution is -2.36. The van der Waals surface area contributed by atoms with E-state index in [2.05, 4.69) is 4.99 Å². The minimum absolute atomic E-state index is 0.0783. The number of hydrogen-bond acceptors (Lipinski definition) is 5. The third-order valence-corrected chi connectivity index (χ3v) is 2.95. The Labute approximate surface area is 121 Å². The first kappa shape index (κ1) is 14.6. The zero-order chi connectivity index (χ0) is 15.2. The summed E-state index contributed by atoms with van der Waals surface area (Å²) < 4.78 is 0. The zero-order valence-electron chi connectivity index (χ0n) is 11.1. The lowest BCUT2D eigenvalue weighted by atomic mass is 10.1. The van der Waals surface area contributed by atoms with Gasteiger partial charge in [-0.15, -0.1) is 0 Å². The zero-order valence-corrected chi connectivity index (χ0v) is 11.1. The Kier molecular flexibility index (Phi) is 4.56. The van der Waals surface area contributed by atoms with Crippen LogP contribution in [0.5, 0.6) is 11.5 Å². The van der Waals surface area contributed by atoms with Crippen LogP contribution in [0.25, 0.3) is 0 Å². The smallest absolute Gasteiger partial charge is 0.128 e. The maximum atomic E-state index is 11.1. The SMILES string of the molecule is O=C([O-])[C@@H](Cc1ccccc1)N=Cc1ccc(O)cc1O. The number of carboxylic acid groups (broad SMARTS) is 1. The molecule has 2 aromatic carbocycles. The van der Waals surface area contributed by atoms with Crippen LogP contribution in [0.4, 0.5) is 0 Å². The van der Waals surface area contributed by atoms with Crippen molar-refractivity contribution >= 4 is 12.2 Å². The molecule has 108 valence electrons. The predicted octanol–water partition coefficient (Wildman–Crippen LogP) is 0.878. The van der Waals surface area contributed by atoms with Gasteiger partial charge in [0.25, 0.3) is 0 Å². The standard InChI is InChI=1S/C16H15NO4/c18-13-7-6-12(15(19)9-13)10-17-14(16(20)21)8-11-4-2-1-3-5-11/h1-7,9-10,14,18-19H,8H2,(H,20,21)/p-1/t14-/m1/s1. The molecule has 2 rings (SSSR count). The van der Waals surface area contributed by atoms with Crippen LogP contribution < -0.4 is 5.11 Å². The molecule has 2 N–H and O–H groups in total. The Morgan fingerprint density at radius 2 is 1.90 bits per heavy atom. The Morgan fingerprint density at radius 1 is 1.19 bits per heavy atom. The highest BCUT2D eigenvalue weighted by molar-refractivity contribution is 5.86. The summed E-state index contributed by atoms with van der Waals surface area (Å²) >= 11 is 0. The summed E-state index contributed by atoms with van der Waals surface area (Å²) in [5, 5.41) is 29.9. The first-order valence-electron chi connectivity index (χ1n) is 6.36. The molecule has 5 heteroatoms. The number of phenols is 2. The highest BCUT2D eigenvalue weighted by Crippen LogP contribution is 2.21. The second-order valence-electron chi connectivity index (χ2n) is 4.55. The van der Waals surface area contributed by atoms with Crippen LogP contribution in [0.2, 0.25) is 0 Å². The number of aromatic hydroxyl groups is 2. The molecule has 0 radical (unpaired) electrons. The summed E-state index contributed by atoms with van der Waals surface area (Å²) in [6.07, 6.45) is 1.47. The van der Waals surface area contributed by atoms with Gasteiger partial charge in [0.2, 0.25) is 0 Å². The Hall–Kier alpha value is -2.82. The summed E-state index contributed by atoms with van der Waals surface area (Å²) in [6.45, 7) is 0. The normalized spacial score (nSPS) is 12.4. The predicted molar refractivity (Wildman–Crippen MR) is 76.3 cm³/mol. The van der Waals surface area contributed by atoms with Crippen LogP contribution in [0.15, 0.2) is 53.5 Å². The summed E-state index contributed by atoms with van der Waals surface area (Å²) in [7, 11) is 0. The van der Waals surface area contributed by atoms with Crippen molar-refractivity contribution < 1.29 is 20.1 Å². The van der Waals surface area contributed by atoms with Crippen molar-refractivity contribution in [1.82, 2.24) is 0 Å². The van der Waals surface area contributed by atoms with E-state index in [1.165, 1.54) is 18.3 Å². The van der Waals surface area contributed by atoms with Gasteiger partial charge in [-0.3, -0.25) is 4.99 Å². The van der Waals surface area contributed by atoms with E-state index in [9.17, 15) is 20.1 Å². The van der Waals surface area contributed by atoms with Crippen LogP contribution in [-0.4, -0.2) is 28.4 Å². The molecular weight excluding hydrogens is 270 g/mol. The van der Waals surface area contributed by atoms with E-state index in [4.69, 9.17) is 0 Å². The second-order valence-corrected chi connectivity index (χ2v) is 4.55. The molecule has 0 aromatic heterocycles. The number of aliphatic carboxylic acids is 1. The largest absolute Gasteiger partial charge is 0.548 e. The van der Waals surface area contributed by atoms with Gasteiger partial charge in [0, 0.05) is 24.3 Å². The van der Waals surface area contributed by atoms with Crippen molar-refractivity contribution in [3.8, 4) is 11.5 Å². The molecule has 0 fully saturated rings. The number of phenolic OH excluding ortho intramolecular Hbond substituents is 2. The summed E-state index contributed by atoms with van der Waals surface area (Å²) in [5.41, 5.74) is 1.16. The molecular formula is C16H14NO4-. The van der Waals surface area contributed by atoms with E-state index in [0.29, 0.717) is 5.56 Å². The van der Waals surface area contributed by atoms with E-state index in [1.807, 2.05) is 30.3 Å². The third kappa shape index (κ3) is 4.07. The molecule has 0 aliphatic rings. The molecule has 0 amide bonds. The van der Waals surface area contributed by atoms with E-state index in [-0.39, 0.29) is 17.9 Å². The minimum atomic E-state index is -1.28. The van der Waals surface area contributed by atoms with Crippen molar-refractivity contribution in [3.63, 3.8) is 0 Å². The molecule has 0 saturated carbocycles. The second kappa shape index (κ2) is 6.56. The number of aliphatic imine (C=N–C) groups is 1. The van der Waals surface area contributed by atoms with Gasteiger partial charge in [0.1, 0.15) is 11.5 Å². The first-order valence-corrected chi connectivity index (χ1v) is 6.36. The van der Waals surface area contributed by atoms with Crippen molar-refractivity contribution in [2.24, 2.45) is 4.99 Å². The van der Waals surface area contributed by atoms with Gasteiger partial charge in [-0.2, -0.15) is 0 Å². The molecule has 0 spiro atoms. The quantitative estimate of drug-likeness (QED) is 0.797. The molecule has 0 bridgehead atoms. The van der Waals surface area contributed by atoms with Crippen LogP contribution in [0.3, 0.4) is 0 Å². The fourth-order valence-electron chi connectivity index (χ4n) is 1.85. The lowest BCUT2D eigenvalue weighted by Gasteiger charge is -2.13. The monoisotopic (exact) mass is 284 g/mol. The molecule has 5 nitrogen and oxygen atoms in total. The number of carbonyl (C=O) groups excluding carboxylic acids is 1. The van der Waals surface area contributed by atoms with Gasteiger partial charge in [0.15, 0.2) is 0 Å². The number of hydrogen-bond donors (Lipinski definition) is 2. The molecule has 21 heavy (non-hydrogen) atoms. The third-order valence-electron chi connectivity index (χ3n) is 2.95. The van der Waals surface area contributed by atoms with Gasteiger partial charge in [0.05, 0.1) is 12.0 Å². The number of carbonyl (C=O) groups is 1. The summed E-state index contributed by atoms with van der Waals surface area (Å²) in [5.74, 6) is -1.53. The molecule has 0 unspecified atom stereocenters. The Bertz CT molecular complexity index is 653. The average Bonchev–Trinajstić information content (AvgIpc) is 2.46. The van der Waals surface area contributed by atoms with Gasteiger partial charge < -0.3 is 20.1 Å². The van der Waals surface area contributed by atoms with Gasteiger partial charge in [-0.1, -0.05) is 30.3 Å². The number of carboxylic acids is 1. The number of nitrogens with zero attached hydrogens (tertiary/aromatic N) is 1. The lowest BCUT2D eigenvalue weighted by molar-refractivity contribution is -0.307. The fraction of sp³-hybridized carbons (Fsp3) is 0.125. The highest BCUT2D eigenvalue weighted by Gasteiger charge is 2.09. The maximum Gasteiger partial charge on any atom is 0.128 e. The van der Waals surface area contributed by atoms with Crippen LogP contribution >= 0.6 is 0 Å². The van der Waals surface area contributed by atoms with Gasteiger partial charge in [-0.05, 0) is 17.7 Å². The Morgan fingerprint density at radius 3 is 2.52 bits per heavy atom. The van der Waals surface area contributed by atoms with Crippen LogP contribution in [0.1, 0.15) is 11.1 Å².